The molecule has 0 radical (unpaired) electrons. The Morgan fingerprint density at radius 2 is 1.97 bits per heavy atom. The summed E-state index contributed by atoms with van der Waals surface area (Å²) in [6.07, 6.45) is 11.0. The normalized spacial score (nSPS) is 38.3. The highest BCUT2D eigenvalue weighted by atomic mass is 16.6. The first kappa shape index (κ1) is 25.6. The van der Waals surface area contributed by atoms with E-state index in [1.165, 1.54) is 12.2 Å². The molecule has 0 bridgehead atoms. The third-order valence-electron chi connectivity index (χ3n) is 8.32. The zero-order valence-corrected chi connectivity index (χ0v) is 21.0. The maximum absolute atomic E-state index is 12.9. The summed E-state index contributed by atoms with van der Waals surface area (Å²) >= 11 is 0. The summed E-state index contributed by atoms with van der Waals surface area (Å²) < 4.78 is 12.4. The van der Waals surface area contributed by atoms with Gasteiger partial charge in [-0.1, -0.05) is 69.2 Å². The standard InChI is InChI=1S/C29H39NO5/c1-19-9-7-13-22(32)15-16-25(33)34-27-23(14-8-10-19)28-29(3,35-28)20(2)26(27)24(30-18-31)17-21-11-5-4-6-12-21/h4-6,8,11-12,14-16,18-20,22-24,26-28,32H,7,9-10,13,17H2,1-3H3,(H,30,31). The van der Waals surface area contributed by atoms with Crippen molar-refractivity contribution >= 4 is 12.4 Å². The molecule has 1 saturated carbocycles. The Balaban J connectivity index is 1.69. The van der Waals surface area contributed by atoms with Crippen LogP contribution < -0.4 is 5.32 Å². The van der Waals surface area contributed by atoms with Crippen LogP contribution in [0, 0.1) is 23.7 Å². The highest BCUT2D eigenvalue weighted by Gasteiger charge is 2.68. The number of nitrogens with one attached hydrogen (secondary N) is 1. The summed E-state index contributed by atoms with van der Waals surface area (Å²) in [7, 11) is 0. The lowest BCUT2D eigenvalue weighted by Crippen LogP contribution is -2.56. The molecule has 6 nitrogen and oxygen atoms in total. The molecule has 4 rings (SSSR count). The third kappa shape index (κ3) is 5.87. The van der Waals surface area contributed by atoms with Crippen molar-refractivity contribution in [3.05, 3.63) is 60.2 Å². The lowest BCUT2D eigenvalue weighted by atomic mass is 9.64. The molecule has 1 amide bonds. The molecule has 2 heterocycles. The summed E-state index contributed by atoms with van der Waals surface area (Å²) in [4.78, 5) is 24.6. The Kier molecular flexibility index (Phi) is 8.12. The molecule has 1 aromatic carbocycles. The monoisotopic (exact) mass is 481 g/mol. The van der Waals surface area contributed by atoms with Gasteiger partial charge in [0.05, 0.1) is 17.8 Å². The molecule has 9 atom stereocenters. The van der Waals surface area contributed by atoms with E-state index in [-0.39, 0.29) is 35.5 Å². The van der Waals surface area contributed by atoms with Crippen molar-refractivity contribution in [1.82, 2.24) is 5.32 Å². The Labute approximate surface area is 208 Å². The van der Waals surface area contributed by atoms with Crippen molar-refractivity contribution in [2.45, 2.75) is 82.8 Å². The predicted molar refractivity (Wildman–Crippen MR) is 134 cm³/mol. The zero-order chi connectivity index (χ0) is 25.0. The fourth-order valence-electron chi connectivity index (χ4n) is 6.09. The number of allylic oxidation sites excluding steroid dienone is 1. The fourth-order valence-corrected chi connectivity index (χ4v) is 6.09. The first-order chi connectivity index (χ1) is 16.8. The largest absolute Gasteiger partial charge is 0.458 e. The second kappa shape index (κ2) is 11.1. The van der Waals surface area contributed by atoms with E-state index < -0.39 is 18.2 Å². The number of aliphatic hydroxyl groups is 1. The molecule has 1 aliphatic carbocycles. The van der Waals surface area contributed by atoms with Crippen LogP contribution in [0.3, 0.4) is 0 Å². The van der Waals surface area contributed by atoms with Crippen LogP contribution in [0.5, 0.6) is 0 Å². The van der Waals surface area contributed by atoms with E-state index in [0.29, 0.717) is 18.8 Å². The van der Waals surface area contributed by atoms with Crippen LogP contribution in [0.4, 0.5) is 0 Å². The van der Waals surface area contributed by atoms with Crippen molar-refractivity contribution in [3.8, 4) is 0 Å². The van der Waals surface area contributed by atoms with E-state index >= 15 is 0 Å². The number of carbonyl (C=O) groups excluding carboxylic acids is 2. The van der Waals surface area contributed by atoms with Gasteiger partial charge in [0.1, 0.15) is 6.10 Å². The van der Waals surface area contributed by atoms with E-state index in [1.807, 2.05) is 30.3 Å². The summed E-state index contributed by atoms with van der Waals surface area (Å²) in [5.41, 5.74) is 0.782. The van der Waals surface area contributed by atoms with Gasteiger partial charge >= 0.3 is 5.97 Å². The van der Waals surface area contributed by atoms with Crippen molar-refractivity contribution in [1.29, 1.82) is 0 Å². The van der Waals surface area contributed by atoms with Crippen LogP contribution in [0.2, 0.25) is 0 Å². The number of amides is 1. The number of aliphatic hydroxyl groups excluding tert-OH is 1. The van der Waals surface area contributed by atoms with Gasteiger partial charge in [-0.15, -0.1) is 0 Å². The topological polar surface area (TPSA) is 88.2 Å². The molecule has 1 aromatic rings. The number of epoxide rings is 1. The van der Waals surface area contributed by atoms with Gasteiger partial charge in [0.25, 0.3) is 0 Å². The van der Waals surface area contributed by atoms with Gasteiger partial charge in [0.15, 0.2) is 0 Å². The lowest BCUT2D eigenvalue weighted by Gasteiger charge is -2.44. The number of carbonyl (C=O) groups is 2. The second-order valence-corrected chi connectivity index (χ2v) is 10.8. The quantitative estimate of drug-likeness (QED) is 0.287. The van der Waals surface area contributed by atoms with Gasteiger partial charge in [-0.05, 0) is 49.7 Å². The number of ether oxygens (including phenoxy) is 2. The van der Waals surface area contributed by atoms with Crippen molar-refractivity contribution in [2.24, 2.45) is 23.7 Å². The molecule has 1 saturated heterocycles. The molecule has 0 spiro atoms. The van der Waals surface area contributed by atoms with Crippen LogP contribution in [-0.4, -0.2) is 47.4 Å². The number of hydrogen-bond donors (Lipinski definition) is 2. The smallest absolute Gasteiger partial charge is 0.330 e. The third-order valence-corrected chi connectivity index (χ3v) is 8.32. The molecule has 6 heteroatoms. The predicted octanol–water partition coefficient (Wildman–Crippen LogP) is 3.98. The molecule has 0 aromatic heterocycles. The average molecular weight is 482 g/mol. The van der Waals surface area contributed by atoms with Crippen LogP contribution >= 0.6 is 0 Å². The van der Waals surface area contributed by atoms with Crippen LogP contribution in [0.1, 0.15) is 52.0 Å². The number of hydrogen-bond acceptors (Lipinski definition) is 5. The molecule has 2 fully saturated rings. The van der Waals surface area contributed by atoms with Gasteiger partial charge in [0.2, 0.25) is 6.41 Å². The fraction of sp³-hybridized carbons (Fsp3) is 0.586. The molecular formula is C29H39NO5. The average Bonchev–Trinajstić information content (AvgIpc) is 3.53. The number of fused-ring (bicyclic) bond motifs is 3. The van der Waals surface area contributed by atoms with Gasteiger partial charge < -0.3 is 19.9 Å². The molecule has 190 valence electrons. The van der Waals surface area contributed by atoms with Gasteiger partial charge in [-0.3, -0.25) is 4.79 Å². The Bertz CT molecular complexity index is 930. The molecular weight excluding hydrogens is 442 g/mol. The maximum Gasteiger partial charge on any atom is 0.330 e. The number of esters is 1. The van der Waals surface area contributed by atoms with Gasteiger partial charge in [-0.2, -0.15) is 0 Å². The second-order valence-electron chi connectivity index (χ2n) is 10.8. The van der Waals surface area contributed by atoms with E-state index in [9.17, 15) is 14.7 Å². The van der Waals surface area contributed by atoms with Crippen LogP contribution in [0.25, 0.3) is 0 Å². The molecule has 2 aliphatic heterocycles. The highest BCUT2D eigenvalue weighted by molar-refractivity contribution is 5.82. The molecule has 9 unspecified atom stereocenters. The molecule has 35 heavy (non-hydrogen) atoms. The minimum absolute atomic E-state index is 0.0332. The maximum atomic E-state index is 12.9. The summed E-state index contributed by atoms with van der Waals surface area (Å²) in [6.45, 7) is 6.49. The minimum atomic E-state index is -0.664. The van der Waals surface area contributed by atoms with Gasteiger partial charge in [0, 0.05) is 24.0 Å². The van der Waals surface area contributed by atoms with Crippen molar-refractivity contribution in [3.63, 3.8) is 0 Å². The first-order valence-corrected chi connectivity index (χ1v) is 13.0. The van der Waals surface area contributed by atoms with E-state index in [4.69, 9.17) is 9.47 Å². The minimum Gasteiger partial charge on any atom is -0.458 e. The van der Waals surface area contributed by atoms with E-state index in [1.54, 1.807) is 0 Å². The lowest BCUT2D eigenvalue weighted by molar-refractivity contribution is -0.153. The van der Waals surface area contributed by atoms with Crippen LogP contribution in [-0.2, 0) is 25.5 Å². The Hall–Kier alpha value is -2.44. The summed E-state index contributed by atoms with van der Waals surface area (Å²) in [6, 6.07) is 9.82. The summed E-state index contributed by atoms with van der Waals surface area (Å²) in [5, 5.41) is 13.3. The van der Waals surface area contributed by atoms with E-state index in [2.05, 4.69) is 38.2 Å². The molecule has 2 N–H and O–H groups in total. The zero-order valence-electron chi connectivity index (χ0n) is 21.0. The van der Waals surface area contributed by atoms with Crippen molar-refractivity contribution < 1.29 is 24.2 Å². The van der Waals surface area contributed by atoms with E-state index in [0.717, 1.165) is 31.2 Å². The van der Waals surface area contributed by atoms with Crippen molar-refractivity contribution in [2.75, 3.05) is 0 Å². The Morgan fingerprint density at radius 1 is 1.20 bits per heavy atom. The number of rotatable bonds is 5. The summed E-state index contributed by atoms with van der Waals surface area (Å²) in [5.74, 6) is -0.164. The van der Waals surface area contributed by atoms with Gasteiger partial charge in [-0.25, -0.2) is 4.79 Å². The van der Waals surface area contributed by atoms with Crippen LogP contribution in [0.15, 0.2) is 54.6 Å². The molecule has 3 aliphatic rings. The highest BCUT2D eigenvalue weighted by Crippen LogP contribution is 2.57. The first-order valence-electron chi connectivity index (χ1n) is 13.0. The number of benzene rings is 1. The SMILES string of the molecule is CC1CC=CC2C(OC(=O)C=CC(O)CCC1)C(C(Cc1ccccc1)NC=O)C(C)C1(C)OC21. The Morgan fingerprint density at radius 3 is 2.71 bits per heavy atom.